The molecule has 2 aliphatic rings. The van der Waals surface area contributed by atoms with Gasteiger partial charge in [0.05, 0.1) is 12.7 Å². The summed E-state index contributed by atoms with van der Waals surface area (Å²) in [5, 5.41) is 1.08. The lowest BCUT2D eigenvalue weighted by Gasteiger charge is -2.23. The SMILES string of the molecule is CCN(Cc1ccc2c(c1)OCCO2)C(=O)Cc1coc2cc3c(cc12)CCC3. The molecule has 0 radical (unpaired) electrons. The van der Waals surface area contributed by atoms with E-state index in [1.807, 2.05) is 30.0 Å². The van der Waals surface area contributed by atoms with E-state index in [-0.39, 0.29) is 5.91 Å². The van der Waals surface area contributed by atoms with Gasteiger partial charge in [-0.15, -0.1) is 0 Å². The Hall–Kier alpha value is -2.95. The number of hydrogen-bond acceptors (Lipinski definition) is 4. The molecule has 1 amide bonds. The number of hydrogen-bond donors (Lipinski definition) is 0. The quantitative estimate of drug-likeness (QED) is 0.651. The van der Waals surface area contributed by atoms with E-state index in [9.17, 15) is 4.79 Å². The summed E-state index contributed by atoms with van der Waals surface area (Å²) < 4.78 is 17.0. The smallest absolute Gasteiger partial charge is 0.227 e. The van der Waals surface area contributed by atoms with E-state index >= 15 is 0 Å². The zero-order valence-electron chi connectivity index (χ0n) is 16.7. The third-order valence-electron chi connectivity index (χ3n) is 5.92. The van der Waals surface area contributed by atoms with Crippen molar-refractivity contribution in [2.75, 3.05) is 19.8 Å². The van der Waals surface area contributed by atoms with Crippen molar-refractivity contribution in [3.05, 3.63) is 58.8 Å². The third-order valence-corrected chi connectivity index (χ3v) is 5.92. The van der Waals surface area contributed by atoms with Gasteiger partial charge >= 0.3 is 0 Å². The fraction of sp³-hybridized carbons (Fsp3) is 0.375. The normalized spacial score (nSPS) is 14.8. The third kappa shape index (κ3) is 3.46. The summed E-state index contributed by atoms with van der Waals surface area (Å²) in [6.45, 7) is 4.35. The molecule has 150 valence electrons. The second-order valence-corrected chi connectivity index (χ2v) is 7.79. The number of furan rings is 1. The van der Waals surface area contributed by atoms with Crippen LogP contribution in [-0.4, -0.2) is 30.6 Å². The van der Waals surface area contributed by atoms with Crippen LogP contribution in [0.5, 0.6) is 11.5 Å². The van der Waals surface area contributed by atoms with Gasteiger partial charge in [0.1, 0.15) is 18.8 Å². The van der Waals surface area contributed by atoms with Crippen molar-refractivity contribution in [2.45, 2.75) is 39.2 Å². The molecule has 1 aliphatic heterocycles. The van der Waals surface area contributed by atoms with Gasteiger partial charge in [-0.2, -0.15) is 0 Å². The van der Waals surface area contributed by atoms with Crippen molar-refractivity contribution in [2.24, 2.45) is 0 Å². The number of ether oxygens (including phenoxy) is 2. The van der Waals surface area contributed by atoms with Crippen LogP contribution >= 0.6 is 0 Å². The molecule has 1 aromatic heterocycles. The minimum atomic E-state index is 0.102. The fourth-order valence-corrected chi connectivity index (χ4v) is 4.34. The first-order valence-corrected chi connectivity index (χ1v) is 10.4. The van der Waals surface area contributed by atoms with Crippen molar-refractivity contribution in [3.63, 3.8) is 0 Å². The summed E-state index contributed by atoms with van der Waals surface area (Å²) >= 11 is 0. The summed E-state index contributed by atoms with van der Waals surface area (Å²) in [6.07, 6.45) is 5.55. The van der Waals surface area contributed by atoms with E-state index in [0.717, 1.165) is 46.4 Å². The lowest BCUT2D eigenvalue weighted by molar-refractivity contribution is -0.130. The van der Waals surface area contributed by atoms with Gasteiger partial charge in [-0.3, -0.25) is 4.79 Å². The number of nitrogens with zero attached hydrogens (tertiary/aromatic N) is 1. The van der Waals surface area contributed by atoms with E-state index in [0.29, 0.717) is 32.7 Å². The molecule has 0 atom stereocenters. The molecule has 5 heteroatoms. The number of benzene rings is 2. The molecule has 0 spiro atoms. The first kappa shape index (κ1) is 18.1. The van der Waals surface area contributed by atoms with Crippen molar-refractivity contribution < 1.29 is 18.7 Å². The van der Waals surface area contributed by atoms with E-state index in [2.05, 4.69) is 12.1 Å². The van der Waals surface area contributed by atoms with Crippen molar-refractivity contribution >= 4 is 16.9 Å². The van der Waals surface area contributed by atoms with Crippen LogP contribution in [0.15, 0.2) is 41.0 Å². The fourth-order valence-electron chi connectivity index (χ4n) is 4.34. The molecule has 5 nitrogen and oxygen atoms in total. The maximum Gasteiger partial charge on any atom is 0.227 e. The Bertz CT molecular complexity index is 1070. The average Bonchev–Trinajstić information content (AvgIpc) is 3.36. The average molecular weight is 391 g/mol. The highest BCUT2D eigenvalue weighted by molar-refractivity contribution is 5.88. The van der Waals surface area contributed by atoms with E-state index in [1.165, 1.54) is 17.5 Å². The molecular weight excluding hydrogens is 366 g/mol. The molecule has 5 rings (SSSR count). The Morgan fingerprint density at radius 2 is 1.83 bits per heavy atom. The van der Waals surface area contributed by atoms with Crippen molar-refractivity contribution in [3.8, 4) is 11.5 Å². The zero-order valence-corrected chi connectivity index (χ0v) is 16.7. The number of carbonyl (C=O) groups is 1. The Kier molecular flexibility index (Phi) is 4.66. The van der Waals surface area contributed by atoms with Crippen LogP contribution < -0.4 is 9.47 Å². The molecule has 2 heterocycles. The van der Waals surface area contributed by atoms with Gasteiger partial charge in [0, 0.05) is 24.0 Å². The topological polar surface area (TPSA) is 51.9 Å². The summed E-state index contributed by atoms with van der Waals surface area (Å²) in [5.74, 6) is 1.63. The van der Waals surface area contributed by atoms with Gasteiger partial charge in [0.25, 0.3) is 0 Å². The van der Waals surface area contributed by atoms with E-state index in [4.69, 9.17) is 13.9 Å². The van der Waals surface area contributed by atoms with Gasteiger partial charge in [0.15, 0.2) is 11.5 Å². The van der Waals surface area contributed by atoms with Crippen LogP contribution in [-0.2, 0) is 30.6 Å². The molecule has 2 aromatic carbocycles. The minimum absolute atomic E-state index is 0.102. The Morgan fingerprint density at radius 3 is 2.66 bits per heavy atom. The molecular formula is C24H25NO4. The van der Waals surface area contributed by atoms with Gasteiger partial charge in [-0.1, -0.05) is 6.07 Å². The summed E-state index contributed by atoms with van der Waals surface area (Å²) in [7, 11) is 0. The van der Waals surface area contributed by atoms with Gasteiger partial charge in [-0.05, 0) is 67.1 Å². The number of carbonyl (C=O) groups excluding carboxylic acids is 1. The molecule has 0 fully saturated rings. The Morgan fingerprint density at radius 1 is 1.03 bits per heavy atom. The number of aryl methyl sites for hydroxylation is 2. The maximum atomic E-state index is 13.0. The lowest BCUT2D eigenvalue weighted by Crippen LogP contribution is -2.31. The number of fused-ring (bicyclic) bond motifs is 3. The van der Waals surface area contributed by atoms with Gasteiger partial charge in [0.2, 0.25) is 5.91 Å². The Balaban J connectivity index is 1.33. The highest BCUT2D eigenvalue weighted by Gasteiger charge is 2.20. The van der Waals surface area contributed by atoms with Crippen LogP contribution in [0.1, 0.15) is 35.6 Å². The second-order valence-electron chi connectivity index (χ2n) is 7.79. The predicted octanol–water partition coefficient (Wildman–Crippen LogP) is 4.28. The van der Waals surface area contributed by atoms with Crippen LogP contribution in [0.4, 0.5) is 0 Å². The van der Waals surface area contributed by atoms with E-state index < -0.39 is 0 Å². The van der Waals surface area contributed by atoms with Crippen molar-refractivity contribution in [1.29, 1.82) is 0 Å². The maximum absolute atomic E-state index is 13.0. The number of rotatable bonds is 5. The summed E-state index contributed by atoms with van der Waals surface area (Å²) in [6, 6.07) is 10.3. The van der Waals surface area contributed by atoms with Gasteiger partial charge in [-0.25, -0.2) is 0 Å². The molecule has 0 unspecified atom stereocenters. The summed E-state index contributed by atoms with van der Waals surface area (Å²) in [5.41, 5.74) is 5.69. The van der Waals surface area contributed by atoms with E-state index in [1.54, 1.807) is 6.26 Å². The first-order chi connectivity index (χ1) is 14.2. The minimum Gasteiger partial charge on any atom is -0.486 e. The largest absolute Gasteiger partial charge is 0.486 e. The number of likely N-dealkylation sites (N-methyl/N-ethyl adjacent to an activating group) is 1. The molecule has 1 aliphatic carbocycles. The zero-order chi connectivity index (χ0) is 19.8. The highest BCUT2D eigenvalue weighted by atomic mass is 16.6. The van der Waals surface area contributed by atoms with Gasteiger partial charge < -0.3 is 18.8 Å². The standard InChI is InChI=1S/C24H25NO4/c1-2-25(14-16-6-7-21-23(10-16)28-9-8-27-21)24(26)13-19-15-29-22-12-18-5-3-4-17(18)11-20(19)22/h6-7,10-12,15H,2-5,8-9,13-14H2,1H3. The lowest BCUT2D eigenvalue weighted by atomic mass is 10.0. The van der Waals surface area contributed by atoms with Crippen LogP contribution in [0.25, 0.3) is 11.0 Å². The molecule has 0 saturated carbocycles. The molecule has 0 saturated heterocycles. The van der Waals surface area contributed by atoms with Crippen LogP contribution in [0.2, 0.25) is 0 Å². The van der Waals surface area contributed by atoms with Crippen LogP contribution in [0, 0.1) is 0 Å². The molecule has 0 bridgehead atoms. The second kappa shape index (κ2) is 7.47. The highest BCUT2D eigenvalue weighted by Crippen LogP contribution is 2.32. The predicted molar refractivity (Wildman–Crippen MR) is 110 cm³/mol. The molecule has 3 aromatic rings. The molecule has 29 heavy (non-hydrogen) atoms. The first-order valence-electron chi connectivity index (χ1n) is 10.4. The summed E-state index contributed by atoms with van der Waals surface area (Å²) in [4.78, 5) is 14.9. The Labute approximate surface area is 170 Å². The van der Waals surface area contributed by atoms with Crippen molar-refractivity contribution in [1.82, 2.24) is 4.90 Å². The van der Waals surface area contributed by atoms with Crippen LogP contribution in [0.3, 0.4) is 0 Å². The number of amides is 1. The molecule has 0 N–H and O–H groups in total. The monoisotopic (exact) mass is 391 g/mol.